The molecule has 0 saturated heterocycles. The first kappa shape index (κ1) is 11.1. The minimum absolute atomic E-state index is 0.0486. The SMILES string of the molecule is Cc1ccc(CNC(=O)CNC2CC2)cn1. The Morgan fingerprint density at radius 3 is 2.94 bits per heavy atom. The molecule has 4 nitrogen and oxygen atoms in total. The van der Waals surface area contributed by atoms with Crippen LogP contribution in [0.15, 0.2) is 18.3 Å². The smallest absolute Gasteiger partial charge is 0.234 e. The summed E-state index contributed by atoms with van der Waals surface area (Å²) in [6, 6.07) is 4.51. The second-order valence-corrected chi connectivity index (χ2v) is 4.24. The maximum absolute atomic E-state index is 11.4. The highest BCUT2D eigenvalue weighted by molar-refractivity contribution is 5.78. The van der Waals surface area contributed by atoms with E-state index < -0.39 is 0 Å². The van der Waals surface area contributed by atoms with Gasteiger partial charge in [0.2, 0.25) is 5.91 Å². The average Bonchev–Trinajstić information content (AvgIpc) is 3.09. The Balaban J connectivity index is 1.69. The predicted octanol–water partition coefficient (Wildman–Crippen LogP) is 0.758. The number of nitrogens with one attached hydrogen (secondary N) is 2. The number of rotatable bonds is 5. The Morgan fingerprint density at radius 1 is 1.50 bits per heavy atom. The van der Waals surface area contributed by atoms with Crippen LogP contribution in [0.4, 0.5) is 0 Å². The number of nitrogens with zero attached hydrogens (tertiary/aromatic N) is 1. The Kier molecular flexibility index (Phi) is 3.51. The fourth-order valence-corrected chi connectivity index (χ4v) is 1.39. The highest BCUT2D eigenvalue weighted by Crippen LogP contribution is 2.17. The number of aromatic nitrogens is 1. The molecule has 2 rings (SSSR count). The van der Waals surface area contributed by atoms with Crippen LogP contribution in [0.1, 0.15) is 24.1 Å². The molecule has 16 heavy (non-hydrogen) atoms. The molecule has 0 bridgehead atoms. The maximum atomic E-state index is 11.4. The van der Waals surface area contributed by atoms with Crippen molar-refractivity contribution in [1.82, 2.24) is 15.6 Å². The Hall–Kier alpha value is -1.42. The van der Waals surface area contributed by atoms with Crippen LogP contribution in [-0.4, -0.2) is 23.5 Å². The van der Waals surface area contributed by atoms with Crippen molar-refractivity contribution in [3.05, 3.63) is 29.6 Å². The summed E-state index contributed by atoms with van der Waals surface area (Å²) in [5.74, 6) is 0.0486. The van der Waals surface area contributed by atoms with Crippen LogP contribution >= 0.6 is 0 Å². The van der Waals surface area contributed by atoms with Crippen LogP contribution in [0, 0.1) is 6.92 Å². The summed E-state index contributed by atoms with van der Waals surface area (Å²) >= 11 is 0. The van der Waals surface area contributed by atoms with Gasteiger partial charge in [-0.05, 0) is 31.4 Å². The first-order chi connectivity index (χ1) is 7.74. The molecule has 1 saturated carbocycles. The van der Waals surface area contributed by atoms with Crippen molar-refractivity contribution in [2.75, 3.05) is 6.54 Å². The minimum Gasteiger partial charge on any atom is -0.351 e. The lowest BCUT2D eigenvalue weighted by Crippen LogP contribution is -2.34. The number of hydrogen-bond donors (Lipinski definition) is 2. The van der Waals surface area contributed by atoms with Gasteiger partial charge in [-0.3, -0.25) is 9.78 Å². The number of pyridine rings is 1. The van der Waals surface area contributed by atoms with Gasteiger partial charge in [-0.25, -0.2) is 0 Å². The van der Waals surface area contributed by atoms with Gasteiger partial charge >= 0.3 is 0 Å². The zero-order valence-corrected chi connectivity index (χ0v) is 9.49. The van der Waals surface area contributed by atoms with E-state index in [0.29, 0.717) is 19.1 Å². The van der Waals surface area contributed by atoms with E-state index in [-0.39, 0.29) is 5.91 Å². The molecule has 0 unspecified atom stereocenters. The Bertz CT molecular complexity index is 357. The number of carbonyl (C=O) groups excluding carboxylic acids is 1. The molecule has 1 amide bonds. The summed E-state index contributed by atoms with van der Waals surface area (Å²) in [4.78, 5) is 15.6. The first-order valence-electron chi connectivity index (χ1n) is 5.65. The van der Waals surface area contributed by atoms with E-state index in [1.165, 1.54) is 12.8 Å². The van der Waals surface area contributed by atoms with Crippen LogP contribution in [-0.2, 0) is 11.3 Å². The fourth-order valence-electron chi connectivity index (χ4n) is 1.39. The summed E-state index contributed by atoms with van der Waals surface area (Å²) in [5.41, 5.74) is 2.02. The van der Waals surface area contributed by atoms with Gasteiger partial charge in [-0.15, -0.1) is 0 Å². The Morgan fingerprint density at radius 2 is 2.31 bits per heavy atom. The minimum atomic E-state index is 0.0486. The molecule has 0 aromatic carbocycles. The average molecular weight is 219 g/mol. The van der Waals surface area contributed by atoms with Crippen molar-refractivity contribution in [1.29, 1.82) is 0 Å². The zero-order chi connectivity index (χ0) is 11.4. The molecule has 4 heteroatoms. The van der Waals surface area contributed by atoms with Gasteiger partial charge in [0.15, 0.2) is 0 Å². The summed E-state index contributed by atoms with van der Waals surface area (Å²) < 4.78 is 0. The van der Waals surface area contributed by atoms with Crippen molar-refractivity contribution in [3.63, 3.8) is 0 Å². The first-order valence-corrected chi connectivity index (χ1v) is 5.65. The molecule has 0 spiro atoms. The second-order valence-electron chi connectivity index (χ2n) is 4.24. The number of aryl methyl sites for hydroxylation is 1. The van der Waals surface area contributed by atoms with Gasteiger partial charge in [-0.2, -0.15) is 0 Å². The fraction of sp³-hybridized carbons (Fsp3) is 0.500. The van der Waals surface area contributed by atoms with E-state index in [1.54, 1.807) is 6.20 Å². The zero-order valence-electron chi connectivity index (χ0n) is 9.49. The maximum Gasteiger partial charge on any atom is 0.234 e. The highest BCUT2D eigenvalue weighted by Gasteiger charge is 2.20. The van der Waals surface area contributed by atoms with Gasteiger partial charge in [0.1, 0.15) is 0 Å². The monoisotopic (exact) mass is 219 g/mol. The van der Waals surface area contributed by atoms with E-state index in [4.69, 9.17) is 0 Å². The molecule has 1 aliphatic carbocycles. The third-order valence-electron chi connectivity index (χ3n) is 2.59. The quantitative estimate of drug-likeness (QED) is 0.768. The van der Waals surface area contributed by atoms with Crippen molar-refractivity contribution in [3.8, 4) is 0 Å². The largest absolute Gasteiger partial charge is 0.351 e. The lowest BCUT2D eigenvalue weighted by molar-refractivity contribution is -0.120. The Labute approximate surface area is 95.5 Å². The summed E-state index contributed by atoms with van der Waals surface area (Å²) in [5, 5.41) is 6.03. The van der Waals surface area contributed by atoms with E-state index in [0.717, 1.165) is 11.3 Å². The van der Waals surface area contributed by atoms with Crippen LogP contribution in [0.25, 0.3) is 0 Å². The molecule has 86 valence electrons. The highest BCUT2D eigenvalue weighted by atomic mass is 16.1. The normalized spacial score (nSPS) is 14.8. The molecule has 2 N–H and O–H groups in total. The van der Waals surface area contributed by atoms with Gasteiger partial charge < -0.3 is 10.6 Å². The lowest BCUT2D eigenvalue weighted by Gasteiger charge is -2.05. The summed E-state index contributed by atoms with van der Waals surface area (Å²) in [6.45, 7) is 2.92. The second kappa shape index (κ2) is 5.07. The van der Waals surface area contributed by atoms with Gasteiger partial charge in [0.25, 0.3) is 0 Å². The standard InChI is InChI=1S/C12H17N3O/c1-9-2-3-10(6-13-9)7-15-12(16)8-14-11-4-5-11/h2-3,6,11,14H,4-5,7-8H2,1H3,(H,15,16). The van der Waals surface area contributed by atoms with Crippen LogP contribution in [0.5, 0.6) is 0 Å². The van der Waals surface area contributed by atoms with Crippen LogP contribution < -0.4 is 10.6 Å². The van der Waals surface area contributed by atoms with E-state index in [2.05, 4.69) is 15.6 Å². The summed E-state index contributed by atoms with van der Waals surface area (Å²) in [7, 11) is 0. The lowest BCUT2D eigenvalue weighted by atomic mass is 10.2. The van der Waals surface area contributed by atoms with Gasteiger partial charge in [0, 0.05) is 24.5 Å². The molecule has 1 heterocycles. The van der Waals surface area contributed by atoms with E-state index in [9.17, 15) is 4.79 Å². The van der Waals surface area contributed by atoms with Crippen molar-refractivity contribution in [2.24, 2.45) is 0 Å². The molecule has 0 atom stereocenters. The van der Waals surface area contributed by atoms with Crippen molar-refractivity contribution >= 4 is 5.91 Å². The number of hydrogen-bond acceptors (Lipinski definition) is 3. The molecule has 1 fully saturated rings. The third-order valence-corrected chi connectivity index (χ3v) is 2.59. The molecule has 0 aliphatic heterocycles. The molecule has 1 aliphatic rings. The molecule has 1 aromatic rings. The number of carbonyl (C=O) groups is 1. The third kappa shape index (κ3) is 3.62. The van der Waals surface area contributed by atoms with Crippen LogP contribution in [0.2, 0.25) is 0 Å². The predicted molar refractivity (Wildman–Crippen MR) is 61.8 cm³/mol. The molecule has 0 radical (unpaired) electrons. The van der Waals surface area contributed by atoms with Crippen LogP contribution in [0.3, 0.4) is 0 Å². The summed E-state index contributed by atoms with van der Waals surface area (Å²) in [6.07, 6.45) is 4.20. The van der Waals surface area contributed by atoms with Crippen molar-refractivity contribution < 1.29 is 4.79 Å². The molecule has 1 aromatic heterocycles. The molecular formula is C12H17N3O. The topological polar surface area (TPSA) is 54.0 Å². The van der Waals surface area contributed by atoms with Gasteiger partial charge in [0.05, 0.1) is 6.54 Å². The van der Waals surface area contributed by atoms with E-state index >= 15 is 0 Å². The van der Waals surface area contributed by atoms with E-state index in [1.807, 2.05) is 19.1 Å². The number of amides is 1. The molecular weight excluding hydrogens is 202 g/mol. The van der Waals surface area contributed by atoms with Crippen molar-refractivity contribution in [2.45, 2.75) is 32.4 Å². The van der Waals surface area contributed by atoms with Gasteiger partial charge in [-0.1, -0.05) is 6.07 Å².